The van der Waals surface area contributed by atoms with E-state index in [-0.39, 0.29) is 0 Å². The average molecular weight is 256 g/mol. The van der Waals surface area contributed by atoms with E-state index >= 15 is 0 Å². The fourth-order valence-corrected chi connectivity index (χ4v) is 2.09. The van der Waals surface area contributed by atoms with Gasteiger partial charge in [0.1, 0.15) is 12.4 Å². The lowest BCUT2D eigenvalue weighted by atomic mass is 10.2. The normalized spacial score (nSPS) is 19.3. The topological polar surface area (TPSA) is 46.2 Å². The lowest BCUT2D eigenvalue weighted by Crippen LogP contribution is -2.28. The Morgan fingerprint density at radius 1 is 1.65 bits per heavy atom. The van der Waals surface area contributed by atoms with Crippen molar-refractivity contribution in [2.45, 2.75) is 25.8 Å². The fourth-order valence-electron chi connectivity index (χ4n) is 1.92. The molecule has 1 saturated heterocycles. The van der Waals surface area contributed by atoms with Crippen molar-refractivity contribution < 1.29 is 4.74 Å². The Bertz CT molecular complexity index is 367. The van der Waals surface area contributed by atoms with E-state index in [2.05, 4.69) is 15.6 Å². The Morgan fingerprint density at radius 2 is 2.53 bits per heavy atom. The Hall–Kier alpha value is -1.00. The summed E-state index contributed by atoms with van der Waals surface area (Å²) in [4.78, 5) is 4.10. The van der Waals surface area contributed by atoms with Gasteiger partial charge in [0, 0.05) is 18.7 Å². The minimum absolute atomic E-state index is 0.466. The van der Waals surface area contributed by atoms with Gasteiger partial charge < -0.3 is 15.4 Å². The van der Waals surface area contributed by atoms with E-state index < -0.39 is 0 Å². The third-order valence-electron chi connectivity index (χ3n) is 2.79. The second-order valence-electron chi connectivity index (χ2n) is 4.14. The number of halogens is 1. The number of nitrogens with zero attached hydrogens (tertiary/aromatic N) is 1. The minimum atomic E-state index is 0.466. The zero-order chi connectivity index (χ0) is 12.1. The largest absolute Gasteiger partial charge is 0.490 e. The third kappa shape index (κ3) is 3.48. The summed E-state index contributed by atoms with van der Waals surface area (Å²) in [5.41, 5.74) is 0.825. The number of pyridine rings is 1. The molecular formula is C12H18ClN3O. The van der Waals surface area contributed by atoms with Crippen LogP contribution in [0.2, 0.25) is 5.15 Å². The van der Waals surface area contributed by atoms with Crippen LogP contribution in [0.1, 0.15) is 19.8 Å². The van der Waals surface area contributed by atoms with Gasteiger partial charge in [0.05, 0.1) is 11.9 Å². The lowest BCUT2D eigenvalue weighted by Gasteiger charge is -2.13. The number of rotatable bonds is 5. The molecule has 2 rings (SSSR count). The van der Waals surface area contributed by atoms with Crippen LogP contribution in [-0.2, 0) is 0 Å². The summed E-state index contributed by atoms with van der Waals surface area (Å²) in [7, 11) is 0. The Labute approximate surface area is 107 Å². The molecule has 0 radical (unpaired) electrons. The van der Waals surface area contributed by atoms with E-state index in [0.717, 1.165) is 24.5 Å². The fraction of sp³-hybridized carbons (Fsp3) is 0.583. The highest BCUT2D eigenvalue weighted by Crippen LogP contribution is 2.24. The Kier molecular flexibility index (Phi) is 4.45. The zero-order valence-electron chi connectivity index (χ0n) is 10.0. The first-order valence-electron chi connectivity index (χ1n) is 6.05. The molecule has 0 spiro atoms. The van der Waals surface area contributed by atoms with Crippen molar-refractivity contribution in [2.24, 2.45) is 0 Å². The molecule has 1 aromatic heterocycles. The number of hydrogen-bond donors (Lipinski definition) is 2. The molecule has 0 amide bonds. The number of nitrogens with one attached hydrogen (secondary N) is 2. The van der Waals surface area contributed by atoms with E-state index in [1.165, 1.54) is 12.8 Å². The molecule has 0 unspecified atom stereocenters. The van der Waals surface area contributed by atoms with Crippen molar-refractivity contribution in [2.75, 3.05) is 25.0 Å². The van der Waals surface area contributed by atoms with Gasteiger partial charge in [-0.25, -0.2) is 4.98 Å². The summed E-state index contributed by atoms with van der Waals surface area (Å²) in [5, 5.41) is 7.03. The van der Waals surface area contributed by atoms with E-state index in [1.54, 1.807) is 6.20 Å². The predicted molar refractivity (Wildman–Crippen MR) is 69.9 cm³/mol. The summed E-state index contributed by atoms with van der Waals surface area (Å²) >= 11 is 5.96. The standard InChI is InChI=1S/C12H18ClN3O/c1-2-14-11-6-10(7-16-12(11)13)17-8-9-4-3-5-15-9/h6-7,9,14-15H,2-5,8H2,1H3/t9-/m0/s1. The lowest BCUT2D eigenvalue weighted by molar-refractivity contribution is 0.276. The van der Waals surface area contributed by atoms with Crippen molar-refractivity contribution in [1.29, 1.82) is 0 Å². The summed E-state index contributed by atoms with van der Waals surface area (Å²) in [6.07, 6.45) is 4.08. The SMILES string of the molecule is CCNc1cc(OC[C@@H]2CCCN2)cnc1Cl. The van der Waals surface area contributed by atoms with Crippen LogP contribution in [-0.4, -0.2) is 30.7 Å². The first-order chi connectivity index (χ1) is 8.29. The molecular weight excluding hydrogens is 238 g/mol. The molecule has 5 heteroatoms. The highest BCUT2D eigenvalue weighted by molar-refractivity contribution is 6.32. The molecule has 1 aliphatic rings. The molecule has 2 heterocycles. The summed E-state index contributed by atoms with van der Waals surface area (Å²) < 4.78 is 5.71. The highest BCUT2D eigenvalue weighted by Gasteiger charge is 2.14. The number of anilines is 1. The van der Waals surface area contributed by atoms with Gasteiger partial charge in [-0.15, -0.1) is 0 Å². The summed E-state index contributed by atoms with van der Waals surface area (Å²) in [6, 6.07) is 2.36. The third-order valence-corrected chi connectivity index (χ3v) is 3.10. The Balaban J connectivity index is 1.93. The monoisotopic (exact) mass is 255 g/mol. The zero-order valence-corrected chi connectivity index (χ0v) is 10.8. The van der Waals surface area contributed by atoms with Crippen molar-refractivity contribution in [3.63, 3.8) is 0 Å². The minimum Gasteiger partial charge on any atom is -0.490 e. The first-order valence-corrected chi connectivity index (χ1v) is 6.43. The van der Waals surface area contributed by atoms with Gasteiger partial charge in [-0.05, 0) is 26.3 Å². The molecule has 17 heavy (non-hydrogen) atoms. The van der Waals surface area contributed by atoms with Crippen LogP contribution < -0.4 is 15.4 Å². The molecule has 0 aliphatic carbocycles. The van der Waals surface area contributed by atoms with Gasteiger partial charge in [-0.2, -0.15) is 0 Å². The van der Waals surface area contributed by atoms with Crippen molar-refractivity contribution in [3.8, 4) is 5.75 Å². The number of aromatic nitrogens is 1. The Morgan fingerprint density at radius 3 is 3.24 bits per heavy atom. The highest BCUT2D eigenvalue weighted by atomic mass is 35.5. The molecule has 1 aliphatic heterocycles. The van der Waals surface area contributed by atoms with Crippen LogP contribution in [0, 0.1) is 0 Å². The van der Waals surface area contributed by atoms with Gasteiger partial charge in [-0.3, -0.25) is 0 Å². The van der Waals surface area contributed by atoms with Gasteiger partial charge in [0.2, 0.25) is 0 Å². The molecule has 1 fully saturated rings. The summed E-state index contributed by atoms with van der Waals surface area (Å²) in [6.45, 7) is 4.62. The second kappa shape index (κ2) is 6.07. The summed E-state index contributed by atoms with van der Waals surface area (Å²) in [5.74, 6) is 0.763. The van der Waals surface area contributed by atoms with Gasteiger partial charge >= 0.3 is 0 Å². The first kappa shape index (κ1) is 12.5. The molecule has 0 saturated carbocycles. The van der Waals surface area contributed by atoms with E-state index in [1.807, 2.05) is 13.0 Å². The second-order valence-corrected chi connectivity index (χ2v) is 4.50. The van der Waals surface area contributed by atoms with Crippen LogP contribution in [0.4, 0.5) is 5.69 Å². The molecule has 0 bridgehead atoms. The molecule has 94 valence electrons. The molecule has 2 N–H and O–H groups in total. The number of hydrogen-bond acceptors (Lipinski definition) is 4. The van der Waals surface area contributed by atoms with Crippen molar-refractivity contribution >= 4 is 17.3 Å². The molecule has 1 aromatic rings. The maximum absolute atomic E-state index is 5.96. The quantitative estimate of drug-likeness (QED) is 0.793. The van der Waals surface area contributed by atoms with E-state index in [9.17, 15) is 0 Å². The van der Waals surface area contributed by atoms with Crippen molar-refractivity contribution in [3.05, 3.63) is 17.4 Å². The van der Waals surface area contributed by atoms with E-state index in [4.69, 9.17) is 16.3 Å². The maximum Gasteiger partial charge on any atom is 0.152 e. The molecule has 4 nitrogen and oxygen atoms in total. The van der Waals surface area contributed by atoms with Crippen LogP contribution >= 0.6 is 11.6 Å². The van der Waals surface area contributed by atoms with Gasteiger partial charge in [0.15, 0.2) is 5.15 Å². The predicted octanol–water partition coefficient (Wildman–Crippen LogP) is 2.30. The van der Waals surface area contributed by atoms with E-state index in [0.29, 0.717) is 17.8 Å². The number of ether oxygens (including phenoxy) is 1. The van der Waals surface area contributed by atoms with Crippen LogP contribution in [0.3, 0.4) is 0 Å². The van der Waals surface area contributed by atoms with Crippen LogP contribution in [0.25, 0.3) is 0 Å². The maximum atomic E-state index is 5.96. The average Bonchev–Trinajstić information content (AvgIpc) is 2.83. The molecule has 0 aromatic carbocycles. The molecule has 1 atom stereocenters. The van der Waals surface area contributed by atoms with Gasteiger partial charge in [0.25, 0.3) is 0 Å². The van der Waals surface area contributed by atoms with Gasteiger partial charge in [-0.1, -0.05) is 11.6 Å². The van der Waals surface area contributed by atoms with Crippen LogP contribution in [0.5, 0.6) is 5.75 Å². The smallest absolute Gasteiger partial charge is 0.152 e. The van der Waals surface area contributed by atoms with Crippen LogP contribution in [0.15, 0.2) is 12.3 Å². The van der Waals surface area contributed by atoms with Crippen molar-refractivity contribution in [1.82, 2.24) is 10.3 Å².